The highest BCUT2D eigenvalue weighted by molar-refractivity contribution is 5.83. The van der Waals surface area contributed by atoms with Crippen LogP contribution >= 0.6 is 0 Å². The summed E-state index contributed by atoms with van der Waals surface area (Å²) >= 11 is 0. The van der Waals surface area contributed by atoms with Crippen molar-refractivity contribution in [2.45, 2.75) is 19.9 Å². The highest BCUT2D eigenvalue weighted by Gasteiger charge is 2.16. The largest absolute Gasteiger partial charge is 0.454 e. The van der Waals surface area contributed by atoms with Crippen molar-refractivity contribution in [3.8, 4) is 11.5 Å². The van der Waals surface area contributed by atoms with Crippen molar-refractivity contribution in [1.29, 1.82) is 0 Å². The Balaban J connectivity index is 1.47. The minimum Gasteiger partial charge on any atom is -0.454 e. The number of aromatic nitrogens is 1. The second kappa shape index (κ2) is 6.51. The molecule has 5 heteroatoms. The van der Waals surface area contributed by atoms with Crippen molar-refractivity contribution in [2.75, 3.05) is 13.3 Å². The first-order chi connectivity index (χ1) is 12.2. The fourth-order valence-electron chi connectivity index (χ4n) is 3.20. The van der Waals surface area contributed by atoms with E-state index in [2.05, 4.69) is 17.1 Å². The Kier molecular flexibility index (Phi) is 4.06. The van der Waals surface area contributed by atoms with Crippen molar-refractivity contribution in [2.24, 2.45) is 0 Å². The first-order valence-electron chi connectivity index (χ1n) is 8.40. The molecule has 5 nitrogen and oxygen atoms in total. The minimum absolute atomic E-state index is 0.0671. The lowest BCUT2D eigenvalue weighted by atomic mass is 10.1. The maximum Gasteiger partial charge on any atom is 0.231 e. The van der Waals surface area contributed by atoms with Crippen molar-refractivity contribution in [1.82, 2.24) is 9.88 Å². The van der Waals surface area contributed by atoms with Crippen LogP contribution in [0.5, 0.6) is 11.5 Å². The highest BCUT2D eigenvalue weighted by atomic mass is 16.7. The summed E-state index contributed by atoms with van der Waals surface area (Å²) in [6, 6.07) is 14.1. The van der Waals surface area contributed by atoms with Gasteiger partial charge in [-0.3, -0.25) is 4.79 Å². The van der Waals surface area contributed by atoms with E-state index in [1.54, 1.807) is 6.92 Å². The van der Waals surface area contributed by atoms with E-state index in [-0.39, 0.29) is 12.7 Å². The van der Waals surface area contributed by atoms with Gasteiger partial charge in [0.15, 0.2) is 11.5 Å². The summed E-state index contributed by atoms with van der Waals surface area (Å²) in [7, 11) is 0. The van der Waals surface area contributed by atoms with Gasteiger partial charge in [-0.25, -0.2) is 0 Å². The molecule has 1 amide bonds. The number of amides is 1. The molecule has 0 unspecified atom stereocenters. The van der Waals surface area contributed by atoms with Crippen LogP contribution in [-0.4, -0.2) is 29.1 Å². The molecule has 0 bridgehead atoms. The molecular weight excluding hydrogens is 316 g/mol. The van der Waals surface area contributed by atoms with Gasteiger partial charge in [0.1, 0.15) is 0 Å². The average molecular weight is 336 g/mol. The molecule has 0 aliphatic carbocycles. The summed E-state index contributed by atoms with van der Waals surface area (Å²) in [6.45, 7) is 3.11. The Hall–Kier alpha value is -2.95. The number of ether oxygens (including phenoxy) is 2. The number of benzene rings is 2. The first-order valence-corrected chi connectivity index (χ1v) is 8.40. The Bertz CT molecular complexity index is 916. The molecule has 0 saturated heterocycles. The molecule has 0 radical (unpaired) electrons. The number of H-pyrrole nitrogens is 1. The highest BCUT2D eigenvalue weighted by Crippen LogP contribution is 2.32. The Morgan fingerprint density at radius 3 is 2.88 bits per heavy atom. The molecule has 0 spiro atoms. The third-order valence-electron chi connectivity index (χ3n) is 4.58. The Morgan fingerprint density at radius 1 is 1.16 bits per heavy atom. The molecule has 4 rings (SSSR count). The van der Waals surface area contributed by atoms with E-state index in [4.69, 9.17) is 9.47 Å². The molecule has 1 N–H and O–H groups in total. The van der Waals surface area contributed by atoms with Crippen LogP contribution in [0.15, 0.2) is 48.7 Å². The average Bonchev–Trinajstić information content (AvgIpc) is 3.24. The number of hydrogen-bond acceptors (Lipinski definition) is 3. The SMILES string of the molecule is CC(=O)N(CCc1c[nH]c2ccccc12)Cc1ccc2c(c1)OCO2. The van der Waals surface area contributed by atoms with Gasteiger partial charge >= 0.3 is 0 Å². The fraction of sp³-hybridized carbons (Fsp3) is 0.250. The van der Waals surface area contributed by atoms with Crippen LogP contribution in [0, 0.1) is 0 Å². The van der Waals surface area contributed by atoms with Gasteiger partial charge in [0.25, 0.3) is 0 Å². The number of nitrogens with zero attached hydrogens (tertiary/aromatic N) is 1. The summed E-state index contributed by atoms with van der Waals surface area (Å²) in [5, 5.41) is 1.22. The van der Waals surface area contributed by atoms with Crippen molar-refractivity contribution < 1.29 is 14.3 Å². The van der Waals surface area contributed by atoms with E-state index >= 15 is 0 Å². The standard InChI is InChI=1S/C20H20N2O3/c1-14(23)22(12-15-6-7-19-20(10-15)25-13-24-19)9-8-16-11-21-18-5-3-2-4-17(16)18/h2-7,10-11,21H,8-9,12-13H2,1H3. The number of nitrogens with one attached hydrogen (secondary N) is 1. The smallest absolute Gasteiger partial charge is 0.231 e. The van der Waals surface area contributed by atoms with Crippen molar-refractivity contribution in [3.05, 3.63) is 59.8 Å². The summed E-state index contributed by atoms with van der Waals surface area (Å²) < 4.78 is 10.8. The summed E-state index contributed by atoms with van der Waals surface area (Å²) in [4.78, 5) is 17.2. The molecule has 0 saturated carbocycles. The molecular formula is C20H20N2O3. The number of rotatable bonds is 5. The molecule has 128 valence electrons. The van der Waals surface area contributed by atoms with Gasteiger partial charge in [0.2, 0.25) is 12.7 Å². The summed E-state index contributed by atoms with van der Waals surface area (Å²) in [5.41, 5.74) is 3.40. The maximum absolute atomic E-state index is 12.1. The second-order valence-corrected chi connectivity index (χ2v) is 6.24. The van der Waals surface area contributed by atoms with E-state index in [0.717, 1.165) is 29.0 Å². The van der Waals surface area contributed by atoms with Gasteiger partial charge < -0.3 is 19.4 Å². The van der Waals surface area contributed by atoms with E-state index in [1.807, 2.05) is 41.4 Å². The van der Waals surface area contributed by atoms with Gasteiger partial charge in [-0.2, -0.15) is 0 Å². The fourth-order valence-corrected chi connectivity index (χ4v) is 3.20. The number of carbonyl (C=O) groups excluding carboxylic acids is 1. The Morgan fingerprint density at radius 2 is 2.00 bits per heavy atom. The number of aromatic amines is 1. The lowest BCUT2D eigenvalue weighted by molar-refractivity contribution is -0.129. The predicted molar refractivity (Wildman–Crippen MR) is 95.7 cm³/mol. The lowest BCUT2D eigenvalue weighted by Gasteiger charge is -2.21. The van der Waals surface area contributed by atoms with Crippen molar-refractivity contribution in [3.63, 3.8) is 0 Å². The molecule has 2 heterocycles. The van der Waals surface area contributed by atoms with Crippen molar-refractivity contribution >= 4 is 16.8 Å². The molecule has 3 aromatic rings. The van der Waals surface area contributed by atoms with Crippen LogP contribution in [0.1, 0.15) is 18.1 Å². The maximum atomic E-state index is 12.1. The van der Waals surface area contributed by atoms with E-state index < -0.39 is 0 Å². The molecule has 0 fully saturated rings. The molecule has 1 aliphatic rings. The van der Waals surface area contributed by atoms with Gasteiger partial charge in [0, 0.05) is 37.1 Å². The summed E-state index contributed by atoms with van der Waals surface area (Å²) in [5.74, 6) is 1.58. The zero-order chi connectivity index (χ0) is 17.2. The number of para-hydroxylation sites is 1. The Labute approximate surface area is 146 Å². The van der Waals surface area contributed by atoms with Crippen LogP contribution in [0.2, 0.25) is 0 Å². The molecule has 25 heavy (non-hydrogen) atoms. The van der Waals surface area contributed by atoms with Crippen LogP contribution < -0.4 is 9.47 Å². The number of carbonyl (C=O) groups is 1. The van der Waals surface area contributed by atoms with Gasteiger partial charge in [-0.1, -0.05) is 24.3 Å². The zero-order valence-corrected chi connectivity index (χ0v) is 14.1. The third-order valence-corrected chi connectivity index (χ3v) is 4.58. The predicted octanol–water partition coefficient (Wildman–Crippen LogP) is 3.49. The van der Waals surface area contributed by atoms with Gasteiger partial charge in [0.05, 0.1) is 0 Å². The van der Waals surface area contributed by atoms with E-state index in [0.29, 0.717) is 13.1 Å². The van der Waals surface area contributed by atoms with Gasteiger partial charge in [-0.05, 0) is 35.7 Å². The topological polar surface area (TPSA) is 54.6 Å². The molecule has 0 atom stereocenters. The monoisotopic (exact) mass is 336 g/mol. The second-order valence-electron chi connectivity index (χ2n) is 6.24. The summed E-state index contributed by atoms with van der Waals surface area (Å²) in [6.07, 6.45) is 2.84. The third kappa shape index (κ3) is 3.18. The zero-order valence-electron chi connectivity index (χ0n) is 14.1. The van der Waals surface area contributed by atoms with Crippen LogP contribution in [0.3, 0.4) is 0 Å². The van der Waals surface area contributed by atoms with Crippen LogP contribution in [0.25, 0.3) is 10.9 Å². The number of fused-ring (bicyclic) bond motifs is 2. The van der Waals surface area contributed by atoms with E-state index in [1.165, 1.54) is 10.9 Å². The normalized spacial score (nSPS) is 12.5. The van der Waals surface area contributed by atoms with E-state index in [9.17, 15) is 4.79 Å². The van der Waals surface area contributed by atoms with Crippen LogP contribution in [-0.2, 0) is 17.8 Å². The number of hydrogen-bond donors (Lipinski definition) is 1. The minimum atomic E-state index is 0.0671. The lowest BCUT2D eigenvalue weighted by Crippen LogP contribution is -2.30. The molecule has 1 aliphatic heterocycles. The first kappa shape index (κ1) is 15.6. The van der Waals surface area contributed by atoms with Gasteiger partial charge in [-0.15, -0.1) is 0 Å². The molecule has 1 aromatic heterocycles. The van der Waals surface area contributed by atoms with Crippen LogP contribution in [0.4, 0.5) is 0 Å². The molecule has 2 aromatic carbocycles. The quantitative estimate of drug-likeness (QED) is 0.776.